The lowest BCUT2D eigenvalue weighted by molar-refractivity contribution is -0.134. The number of hydrogen-bond acceptors (Lipinski definition) is 7. The van der Waals surface area contributed by atoms with Gasteiger partial charge in [0.15, 0.2) is 5.13 Å². The Hall–Kier alpha value is -1.67. The van der Waals surface area contributed by atoms with Crippen LogP contribution in [0.3, 0.4) is 0 Å². The zero-order chi connectivity index (χ0) is 14.4. The molecule has 1 N–H and O–H groups in total. The Bertz CT molecular complexity index is 471. The Balaban J connectivity index is 1.73. The number of esters is 1. The molecule has 20 heavy (non-hydrogen) atoms. The van der Waals surface area contributed by atoms with Gasteiger partial charge in [0.1, 0.15) is 4.88 Å². The largest absolute Gasteiger partial charge is 0.465 e. The molecule has 1 aliphatic heterocycles. The number of carbonyl (C=O) groups excluding carboxylic acids is 2. The fraction of sp³-hybridized carbons (Fsp3) is 0.583. The van der Waals surface area contributed by atoms with Crippen LogP contribution in [0.15, 0.2) is 6.20 Å². The van der Waals surface area contributed by atoms with Crippen LogP contribution < -0.4 is 5.32 Å². The first kappa shape index (κ1) is 14.7. The van der Waals surface area contributed by atoms with E-state index in [0.29, 0.717) is 49.3 Å². The second-order valence-corrected chi connectivity index (χ2v) is 5.22. The van der Waals surface area contributed by atoms with Crippen LogP contribution in [-0.2, 0) is 14.3 Å². The highest BCUT2D eigenvalue weighted by Crippen LogP contribution is 2.18. The van der Waals surface area contributed by atoms with Crippen LogP contribution >= 0.6 is 11.3 Å². The summed E-state index contributed by atoms with van der Waals surface area (Å²) in [5.41, 5.74) is 0. The van der Waals surface area contributed by atoms with Crippen LogP contribution in [-0.4, -0.2) is 61.7 Å². The summed E-state index contributed by atoms with van der Waals surface area (Å²) in [6, 6.07) is 0. The maximum absolute atomic E-state index is 11.9. The molecule has 1 aromatic heterocycles. The molecule has 0 saturated carbocycles. The topological polar surface area (TPSA) is 80.8 Å². The van der Waals surface area contributed by atoms with E-state index in [1.807, 2.05) is 0 Å². The molecule has 1 fully saturated rings. The van der Waals surface area contributed by atoms with E-state index in [-0.39, 0.29) is 5.91 Å². The minimum absolute atomic E-state index is 0.102. The lowest BCUT2D eigenvalue weighted by Gasteiger charge is -2.26. The first-order valence-electron chi connectivity index (χ1n) is 6.34. The van der Waals surface area contributed by atoms with Gasteiger partial charge in [-0.2, -0.15) is 0 Å². The van der Waals surface area contributed by atoms with Gasteiger partial charge >= 0.3 is 5.97 Å². The van der Waals surface area contributed by atoms with Gasteiger partial charge in [0.25, 0.3) is 0 Å². The minimum atomic E-state index is -0.403. The molecule has 1 amide bonds. The molecular weight excluding hydrogens is 282 g/mol. The van der Waals surface area contributed by atoms with Crippen LogP contribution in [0.5, 0.6) is 0 Å². The van der Waals surface area contributed by atoms with E-state index in [9.17, 15) is 9.59 Å². The van der Waals surface area contributed by atoms with Crippen LogP contribution in [0.4, 0.5) is 5.13 Å². The number of carbonyl (C=O) groups is 2. The van der Waals surface area contributed by atoms with Gasteiger partial charge in [-0.05, 0) is 0 Å². The summed E-state index contributed by atoms with van der Waals surface area (Å²) in [4.78, 5) is 29.4. The average Bonchev–Trinajstić information content (AvgIpc) is 2.96. The fourth-order valence-corrected chi connectivity index (χ4v) is 2.56. The number of morpholine rings is 1. The Morgan fingerprint density at radius 1 is 1.50 bits per heavy atom. The SMILES string of the molecule is COC(=O)c1cnc(NCCC(=O)N2CCOCC2)s1. The maximum Gasteiger partial charge on any atom is 0.349 e. The highest BCUT2D eigenvalue weighted by atomic mass is 32.1. The standard InChI is InChI=1S/C12H17N3O4S/c1-18-11(17)9-8-14-12(20-9)13-3-2-10(16)15-4-6-19-7-5-15/h8H,2-7H2,1H3,(H,13,14). The number of amides is 1. The van der Waals surface area contributed by atoms with Crippen LogP contribution in [0.1, 0.15) is 16.1 Å². The van der Waals surface area contributed by atoms with E-state index in [1.54, 1.807) is 4.90 Å². The molecule has 0 aromatic carbocycles. The summed E-state index contributed by atoms with van der Waals surface area (Å²) in [7, 11) is 1.33. The van der Waals surface area contributed by atoms with E-state index in [1.165, 1.54) is 24.6 Å². The summed E-state index contributed by atoms with van der Waals surface area (Å²) in [5.74, 6) is -0.300. The normalized spacial score (nSPS) is 14.9. The van der Waals surface area contributed by atoms with E-state index in [2.05, 4.69) is 15.0 Å². The average molecular weight is 299 g/mol. The predicted octanol–water partition coefficient (Wildman–Crippen LogP) is 0.590. The molecule has 1 aliphatic rings. The van der Waals surface area contributed by atoms with Crippen molar-refractivity contribution in [1.82, 2.24) is 9.88 Å². The van der Waals surface area contributed by atoms with Gasteiger partial charge in [-0.3, -0.25) is 4.79 Å². The molecule has 8 heteroatoms. The third-order valence-electron chi connectivity index (χ3n) is 2.87. The number of anilines is 1. The molecule has 0 spiro atoms. The third-order valence-corrected chi connectivity index (χ3v) is 3.81. The van der Waals surface area contributed by atoms with Gasteiger partial charge in [0.05, 0.1) is 26.5 Å². The highest BCUT2D eigenvalue weighted by molar-refractivity contribution is 7.17. The van der Waals surface area contributed by atoms with Gasteiger partial charge in [-0.1, -0.05) is 11.3 Å². The molecule has 2 rings (SSSR count). The molecule has 110 valence electrons. The van der Waals surface area contributed by atoms with Gasteiger partial charge in [0.2, 0.25) is 5.91 Å². The van der Waals surface area contributed by atoms with Gasteiger partial charge in [-0.25, -0.2) is 9.78 Å². The summed E-state index contributed by atoms with van der Waals surface area (Å²) in [6.07, 6.45) is 1.86. The Kier molecular flexibility index (Phi) is 5.31. The van der Waals surface area contributed by atoms with Crippen molar-refractivity contribution in [2.24, 2.45) is 0 Å². The van der Waals surface area contributed by atoms with Crippen LogP contribution in [0, 0.1) is 0 Å². The zero-order valence-electron chi connectivity index (χ0n) is 11.3. The predicted molar refractivity (Wildman–Crippen MR) is 74.0 cm³/mol. The van der Waals surface area contributed by atoms with Crippen molar-refractivity contribution < 1.29 is 19.1 Å². The van der Waals surface area contributed by atoms with Crippen LogP contribution in [0.25, 0.3) is 0 Å². The summed E-state index contributed by atoms with van der Waals surface area (Å²) in [5, 5.41) is 3.65. The summed E-state index contributed by atoms with van der Waals surface area (Å²) >= 11 is 1.21. The van der Waals surface area contributed by atoms with E-state index >= 15 is 0 Å². The molecule has 0 atom stereocenters. The van der Waals surface area contributed by atoms with E-state index in [0.717, 1.165) is 0 Å². The first-order chi connectivity index (χ1) is 9.70. The lowest BCUT2D eigenvalue weighted by Crippen LogP contribution is -2.41. The molecule has 7 nitrogen and oxygen atoms in total. The quantitative estimate of drug-likeness (QED) is 0.802. The number of aromatic nitrogens is 1. The Morgan fingerprint density at radius 3 is 2.95 bits per heavy atom. The number of nitrogens with zero attached hydrogens (tertiary/aromatic N) is 2. The molecule has 1 aromatic rings. The molecule has 1 saturated heterocycles. The number of methoxy groups -OCH3 is 1. The minimum Gasteiger partial charge on any atom is -0.465 e. The Labute approximate surface area is 120 Å². The van der Waals surface area contributed by atoms with Crippen molar-refractivity contribution >= 4 is 28.3 Å². The second kappa shape index (κ2) is 7.20. The monoisotopic (exact) mass is 299 g/mol. The summed E-state index contributed by atoms with van der Waals surface area (Å²) in [6.45, 7) is 3.01. The first-order valence-corrected chi connectivity index (χ1v) is 7.16. The van der Waals surface area contributed by atoms with Crippen molar-refractivity contribution in [1.29, 1.82) is 0 Å². The zero-order valence-corrected chi connectivity index (χ0v) is 12.1. The molecule has 0 unspecified atom stereocenters. The summed E-state index contributed by atoms with van der Waals surface area (Å²) < 4.78 is 9.80. The van der Waals surface area contributed by atoms with Gasteiger partial charge in [-0.15, -0.1) is 0 Å². The molecule has 0 radical (unpaired) electrons. The number of thiazole rings is 1. The van der Waals surface area contributed by atoms with E-state index < -0.39 is 5.97 Å². The maximum atomic E-state index is 11.9. The number of nitrogens with one attached hydrogen (secondary N) is 1. The van der Waals surface area contributed by atoms with Crippen molar-refractivity contribution in [3.8, 4) is 0 Å². The smallest absolute Gasteiger partial charge is 0.349 e. The third kappa shape index (κ3) is 3.91. The van der Waals surface area contributed by atoms with Gasteiger partial charge in [0, 0.05) is 26.1 Å². The molecular formula is C12H17N3O4S. The van der Waals surface area contributed by atoms with Crippen molar-refractivity contribution in [3.63, 3.8) is 0 Å². The van der Waals surface area contributed by atoms with Crippen molar-refractivity contribution in [2.45, 2.75) is 6.42 Å². The number of hydrogen-bond donors (Lipinski definition) is 1. The highest BCUT2D eigenvalue weighted by Gasteiger charge is 2.16. The fourth-order valence-electron chi connectivity index (χ4n) is 1.80. The molecule has 0 bridgehead atoms. The number of ether oxygens (including phenoxy) is 2. The molecule has 0 aliphatic carbocycles. The van der Waals surface area contributed by atoms with E-state index in [4.69, 9.17) is 4.74 Å². The van der Waals surface area contributed by atoms with Crippen LogP contribution in [0.2, 0.25) is 0 Å². The van der Waals surface area contributed by atoms with Crippen molar-refractivity contribution in [3.05, 3.63) is 11.1 Å². The number of rotatable bonds is 5. The van der Waals surface area contributed by atoms with Gasteiger partial charge < -0.3 is 19.7 Å². The lowest BCUT2D eigenvalue weighted by atomic mass is 10.3. The second-order valence-electron chi connectivity index (χ2n) is 4.19. The Morgan fingerprint density at radius 2 is 2.25 bits per heavy atom. The molecule has 2 heterocycles. The van der Waals surface area contributed by atoms with Crippen molar-refractivity contribution in [2.75, 3.05) is 45.3 Å².